The first-order chi connectivity index (χ1) is 8.91. The van der Waals surface area contributed by atoms with E-state index in [4.69, 9.17) is 24.8 Å². The first kappa shape index (κ1) is 17.3. The van der Waals surface area contributed by atoms with Gasteiger partial charge in [0.05, 0.1) is 19.8 Å². The number of hydrogen-bond acceptors (Lipinski definition) is 6. The molecule has 0 aromatic carbocycles. The Balaban J connectivity index is 3.84. The van der Waals surface area contributed by atoms with Crippen molar-refractivity contribution in [2.45, 2.75) is 0 Å². The van der Waals surface area contributed by atoms with E-state index in [1.165, 1.54) is 4.90 Å². The smallest absolute Gasteiger partial charge is 0.329 e. The molecule has 0 radical (unpaired) electrons. The maximum absolute atomic E-state index is 10.6. The molecule has 9 nitrogen and oxygen atoms in total. The minimum atomic E-state index is -1.10. The minimum absolute atomic E-state index is 0.0680. The van der Waals surface area contributed by atoms with Crippen molar-refractivity contribution in [3.8, 4) is 0 Å². The van der Waals surface area contributed by atoms with Crippen LogP contribution in [0.1, 0.15) is 0 Å². The number of ether oxygens (including phenoxy) is 2. The van der Waals surface area contributed by atoms with Crippen molar-refractivity contribution in [1.29, 1.82) is 0 Å². The van der Waals surface area contributed by atoms with Crippen molar-refractivity contribution in [2.24, 2.45) is 0 Å². The largest absolute Gasteiger partial charge is 0.480 e. The Labute approximate surface area is 109 Å². The highest BCUT2D eigenvalue weighted by molar-refractivity contribution is 5.69. The van der Waals surface area contributed by atoms with Crippen molar-refractivity contribution >= 4 is 17.9 Å². The maximum atomic E-state index is 10.6. The summed E-state index contributed by atoms with van der Waals surface area (Å²) in [6.45, 7) is -0.581. The van der Waals surface area contributed by atoms with Gasteiger partial charge in [-0.3, -0.25) is 9.69 Å². The van der Waals surface area contributed by atoms with Crippen LogP contribution in [0.4, 0.5) is 0 Å². The molecule has 0 aromatic rings. The van der Waals surface area contributed by atoms with Gasteiger partial charge in [0, 0.05) is 13.1 Å². The zero-order chi connectivity index (χ0) is 14.7. The predicted molar refractivity (Wildman–Crippen MR) is 61.0 cm³/mol. The van der Waals surface area contributed by atoms with Gasteiger partial charge in [0.25, 0.3) is 0 Å². The number of aliphatic carboxylic acids is 3. The van der Waals surface area contributed by atoms with Crippen LogP contribution in [0.5, 0.6) is 0 Å². The van der Waals surface area contributed by atoms with Crippen molar-refractivity contribution in [3.63, 3.8) is 0 Å². The lowest BCUT2D eigenvalue weighted by atomic mass is 10.4. The molecule has 19 heavy (non-hydrogen) atoms. The molecule has 0 amide bonds. The zero-order valence-electron chi connectivity index (χ0n) is 10.3. The van der Waals surface area contributed by atoms with Crippen LogP contribution in [-0.2, 0) is 23.9 Å². The molecule has 0 rings (SSSR count). The number of carboxylic acid groups (broad SMARTS) is 3. The molecular weight excluding hydrogens is 262 g/mol. The summed E-state index contributed by atoms with van der Waals surface area (Å²) in [6.07, 6.45) is 0. The van der Waals surface area contributed by atoms with Crippen LogP contribution < -0.4 is 0 Å². The van der Waals surface area contributed by atoms with Gasteiger partial charge in [-0.25, -0.2) is 9.59 Å². The normalized spacial score (nSPS) is 10.6. The Hall–Kier alpha value is -1.71. The fourth-order valence-electron chi connectivity index (χ4n) is 1.17. The van der Waals surface area contributed by atoms with E-state index >= 15 is 0 Å². The zero-order valence-corrected chi connectivity index (χ0v) is 10.3. The second-order valence-corrected chi connectivity index (χ2v) is 3.56. The molecule has 110 valence electrons. The molecule has 0 aliphatic rings. The lowest BCUT2D eigenvalue weighted by molar-refractivity contribution is -0.144. The standard InChI is InChI=1S/C10H17NO8/c12-8(13)5-11(1-3-18-6-9(14)15)2-4-19-7-10(16)17/h1-7H2,(H,12,13)(H,14,15)(H,16,17). The lowest BCUT2D eigenvalue weighted by Crippen LogP contribution is -2.36. The number of carboxylic acids is 3. The molecule has 0 aliphatic carbocycles. The molecule has 0 aromatic heterocycles. The molecule has 0 atom stereocenters. The van der Waals surface area contributed by atoms with Gasteiger partial charge in [-0.1, -0.05) is 0 Å². The van der Waals surface area contributed by atoms with Gasteiger partial charge in [0.15, 0.2) is 0 Å². The summed E-state index contributed by atoms with van der Waals surface area (Å²) >= 11 is 0. The van der Waals surface area contributed by atoms with Crippen molar-refractivity contribution in [3.05, 3.63) is 0 Å². The predicted octanol–water partition coefficient (Wildman–Crippen LogP) is -1.42. The summed E-state index contributed by atoms with van der Waals surface area (Å²) in [6, 6.07) is 0. The van der Waals surface area contributed by atoms with Crippen LogP contribution >= 0.6 is 0 Å². The Morgan fingerprint density at radius 1 is 0.789 bits per heavy atom. The topological polar surface area (TPSA) is 134 Å². The van der Waals surface area contributed by atoms with Crippen molar-refractivity contribution in [2.75, 3.05) is 46.1 Å². The summed E-state index contributed by atoms with van der Waals surface area (Å²) in [5.74, 6) is -3.25. The monoisotopic (exact) mass is 279 g/mol. The number of nitrogens with zero attached hydrogens (tertiary/aromatic N) is 1. The van der Waals surface area contributed by atoms with E-state index in [9.17, 15) is 14.4 Å². The second-order valence-electron chi connectivity index (χ2n) is 3.56. The quantitative estimate of drug-likeness (QED) is 0.368. The molecule has 9 heteroatoms. The fourth-order valence-corrected chi connectivity index (χ4v) is 1.17. The highest BCUT2D eigenvalue weighted by atomic mass is 16.5. The van der Waals surface area contributed by atoms with E-state index in [0.29, 0.717) is 0 Å². The Morgan fingerprint density at radius 3 is 1.53 bits per heavy atom. The molecule has 0 unspecified atom stereocenters. The SMILES string of the molecule is O=C(O)COCCN(CCOCC(=O)O)CC(=O)O. The molecule has 0 saturated heterocycles. The minimum Gasteiger partial charge on any atom is -0.480 e. The van der Waals surface area contributed by atoms with Crippen LogP contribution in [0.2, 0.25) is 0 Å². The Morgan fingerprint density at radius 2 is 1.21 bits per heavy atom. The summed E-state index contributed by atoms with van der Waals surface area (Å²) in [4.78, 5) is 32.4. The number of carbonyl (C=O) groups is 3. The van der Waals surface area contributed by atoms with Crippen LogP contribution in [0.25, 0.3) is 0 Å². The van der Waals surface area contributed by atoms with E-state index in [1.807, 2.05) is 0 Å². The number of rotatable bonds is 12. The molecular formula is C10H17NO8. The van der Waals surface area contributed by atoms with E-state index < -0.39 is 31.1 Å². The lowest BCUT2D eigenvalue weighted by Gasteiger charge is -2.19. The molecule has 0 saturated carbocycles. The van der Waals surface area contributed by atoms with Gasteiger partial charge in [-0.15, -0.1) is 0 Å². The first-order valence-corrected chi connectivity index (χ1v) is 5.45. The molecule has 3 N–H and O–H groups in total. The summed E-state index contributed by atoms with van der Waals surface area (Å²) in [7, 11) is 0. The maximum Gasteiger partial charge on any atom is 0.329 e. The van der Waals surface area contributed by atoms with Gasteiger partial charge in [-0.2, -0.15) is 0 Å². The molecule has 0 heterocycles. The average Bonchev–Trinajstić information content (AvgIpc) is 2.28. The molecule has 0 bridgehead atoms. The fraction of sp³-hybridized carbons (Fsp3) is 0.700. The van der Waals surface area contributed by atoms with Gasteiger partial charge in [0.2, 0.25) is 0 Å². The molecule has 0 fully saturated rings. The summed E-state index contributed by atoms with van der Waals surface area (Å²) in [5, 5.41) is 25.3. The van der Waals surface area contributed by atoms with Gasteiger partial charge < -0.3 is 24.8 Å². The van der Waals surface area contributed by atoms with Crippen LogP contribution in [0.15, 0.2) is 0 Å². The molecule has 0 aliphatic heterocycles. The Kier molecular flexibility index (Phi) is 9.31. The highest BCUT2D eigenvalue weighted by Gasteiger charge is 2.10. The van der Waals surface area contributed by atoms with Crippen molar-refractivity contribution in [1.82, 2.24) is 4.90 Å². The summed E-state index contributed by atoms with van der Waals surface area (Å²) < 4.78 is 9.57. The van der Waals surface area contributed by atoms with Gasteiger partial charge in [-0.05, 0) is 0 Å². The number of hydrogen-bond donors (Lipinski definition) is 3. The third kappa shape index (κ3) is 12.5. The first-order valence-electron chi connectivity index (χ1n) is 5.45. The molecule has 0 spiro atoms. The third-order valence-corrected chi connectivity index (χ3v) is 1.91. The van der Waals surface area contributed by atoms with E-state index in [1.54, 1.807) is 0 Å². The van der Waals surface area contributed by atoms with Crippen LogP contribution in [-0.4, -0.2) is 84.2 Å². The van der Waals surface area contributed by atoms with E-state index in [2.05, 4.69) is 0 Å². The van der Waals surface area contributed by atoms with Crippen molar-refractivity contribution < 1.29 is 39.2 Å². The highest BCUT2D eigenvalue weighted by Crippen LogP contribution is 1.90. The van der Waals surface area contributed by atoms with Gasteiger partial charge >= 0.3 is 17.9 Å². The Bertz CT molecular complexity index is 284. The second kappa shape index (κ2) is 10.2. The van der Waals surface area contributed by atoms with Crippen LogP contribution in [0.3, 0.4) is 0 Å². The third-order valence-electron chi connectivity index (χ3n) is 1.91. The van der Waals surface area contributed by atoms with E-state index in [-0.39, 0.29) is 32.8 Å². The van der Waals surface area contributed by atoms with E-state index in [0.717, 1.165) is 0 Å². The van der Waals surface area contributed by atoms with Crippen LogP contribution in [0, 0.1) is 0 Å². The average molecular weight is 279 g/mol. The summed E-state index contributed by atoms with van der Waals surface area (Å²) in [5.41, 5.74) is 0. The van der Waals surface area contributed by atoms with Gasteiger partial charge in [0.1, 0.15) is 13.2 Å².